The molecule has 0 amide bonds. The molecule has 2 aromatic heterocycles. The average Bonchev–Trinajstić information content (AvgIpc) is 2.81. The number of hydrogen-bond donors (Lipinski definition) is 2. The van der Waals surface area contributed by atoms with Crippen molar-refractivity contribution in [3.8, 4) is 11.1 Å². The van der Waals surface area contributed by atoms with E-state index in [0.717, 1.165) is 21.3 Å². The molecule has 108 valence electrons. The van der Waals surface area contributed by atoms with E-state index in [4.69, 9.17) is 16.7 Å². The highest BCUT2D eigenvalue weighted by atomic mass is 35.5. The molecule has 4 nitrogen and oxygen atoms in total. The lowest BCUT2D eigenvalue weighted by molar-refractivity contribution is 0.311. The van der Waals surface area contributed by atoms with Crippen LogP contribution < -0.4 is 5.32 Å². The maximum Gasteiger partial charge on any atom is 0.225 e. The van der Waals surface area contributed by atoms with Crippen LogP contribution >= 0.6 is 22.9 Å². The molecule has 0 radical (unpaired) electrons. The largest absolute Gasteiger partial charge is 0.395 e. The first-order valence-electron chi connectivity index (χ1n) is 6.57. The second-order valence-corrected chi connectivity index (χ2v) is 6.11. The van der Waals surface area contributed by atoms with Gasteiger partial charge in [-0.25, -0.2) is 9.97 Å². The van der Waals surface area contributed by atoms with Crippen molar-refractivity contribution in [2.24, 2.45) is 0 Å². The van der Waals surface area contributed by atoms with Gasteiger partial charge in [-0.1, -0.05) is 30.3 Å². The highest BCUT2D eigenvalue weighted by Gasteiger charge is 2.17. The fourth-order valence-corrected chi connectivity index (χ4v) is 3.60. The smallest absolute Gasteiger partial charge is 0.225 e. The van der Waals surface area contributed by atoms with E-state index in [1.807, 2.05) is 18.2 Å². The van der Waals surface area contributed by atoms with Crippen molar-refractivity contribution in [1.82, 2.24) is 9.97 Å². The second kappa shape index (κ2) is 5.97. The summed E-state index contributed by atoms with van der Waals surface area (Å²) in [7, 11) is 0. The molecule has 0 aliphatic rings. The average molecular weight is 320 g/mol. The van der Waals surface area contributed by atoms with Crippen LogP contribution in [0.5, 0.6) is 0 Å². The predicted molar refractivity (Wildman–Crippen MR) is 88.2 cm³/mol. The van der Waals surface area contributed by atoms with Crippen molar-refractivity contribution in [2.45, 2.75) is 6.92 Å². The number of nitrogens with zero attached hydrogens (tertiary/aromatic N) is 2. The highest BCUT2D eigenvalue weighted by molar-refractivity contribution is 7.19. The minimum Gasteiger partial charge on any atom is -0.395 e. The van der Waals surface area contributed by atoms with Gasteiger partial charge in [0.15, 0.2) is 0 Å². The number of rotatable bonds is 4. The number of halogens is 1. The van der Waals surface area contributed by atoms with Gasteiger partial charge < -0.3 is 10.4 Å². The van der Waals surface area contributed by atoms with E-state index in [1.54, 1.807) is 11.3 Å². The Bertz CT molecular complexity index is 773. The fourth-order valence-electron chi connectivity index (χ4n) is 2.34. The van der Waals surface area contributed by atoms with Crippen molar-refractivity contribution >= 4 is 39.0 Å². The van der Waals surface area contributed by atoms with Crippen LogP contribution in [-0.2, 0) is 0 Å². The lowest BCUT2D eigenvalue weighted by Gasteiger charge is -2.08. The number of benzene rings is 1. The molecule has 0 saturated carbocycles. The third-order valence-corrected chi connectivity index (χ3v) is 4.34. The van der Waals surface area contributed by atoms with E-state index in [0.29, 0.717) is 12.4 Å². The summed E-state index contributed by atoms with van der Waals surface area (Å²) in [5, 5.41) is 13.3. The number of fused-ring (bicyclic) bond motifs is 1. The van der Waals surface area contributed by atoms with Crippen molar-refractivity contribution in [3.63, 3.8) is 0 Å². The number of nitrogens with one attached hydrogen (secondary N) is 1. The number of aliphatic hydroxyl groups is 1. The topological polar surface area (TPSA) is 58.0 Å². The van der Waals surface area contributed by atoms with E-state index in [9.17, 15) is 0 Å². The summed E-state index contributed by atoms with van der Waals surface area (Å²) < 4.78 is 0. The normalized spacial score (nSPS) is 11.0. The van der Waals surface area contributed by atoms with Crippen molar-refractivity contribution in [1.29, 1.82) is 0 Å². The van der Waals surface area contributed by atoms with Crippen LogP contribution in [0, 0.1) is 6.92 Å². The number of aryl methyl sites for hydroxylation is 1. The lowest BCUT2D eigenvalue weighted by Crippen LogP contribution is -2.07. The zero-order chi connectivity index (χ0) is 14.8. The van der Waals surface area contributed by atoms with Crippen molar-refractivity contribution < 1.29 is 5.11 Å². The summed E-state index contributed by atoms with van der Waals surface area (Å²) in [6.45, 7) is 2.52. The quantitative estimate of drug-likeness (QED) is 0.719. The summed E-state index contributed by atoms with van der Waals surface area (Å²) in [4.78, 5) is 10.6. The standard InChI is InChI=1S/C15H14ClN3OS/c1-9-11(10-5-3-2-4-6-10)12-13(17-7-8-20)18-15(16)19-14(12)21-9/h2-6,20H,7-8H2,1H3,(H,17,18,19). The molecule has 0 unspecified atom stereocenters. The molecule has 21 heavy (non-hydrogen) atoms. The monoisotopic (exact) mass is 319 g/mol. The molecule has 0 atom stereocenters. The number of anilines is 1. The van der Waals surface area contributed by atoms with Crippen molar-refractivity contribution in [3.05, 3.63) is 40.5 Å². The third kappa shape index (κ3) is 2.72. The van der Waals surface area contributed by atoms with Gasteiger partial charge in [0.1, 0.15) is 10.6 Å². The molecule has 3 rings (SSSR count). The Labute approximate surface area is 131 Å². The van der Waals surface area contributed by atoms with E-state index in [2.05, 4.69) is 34.3 Å². The molecule has 6 heteroatoms. The first-order chi connectivity index (χ1) is 10.2. The molecular weight excluding hydrogens is 306 g/mol. The van der Waals surface area contributed by atoms with Gasteiger partial charge in [0.05, 0.1) is 12.0 Å². The molecule has 0 aliphatic heterocycles. The molecule has 1 aromatic carbocycles. The van der Waals surface area contributed by atoms with Crippen LogP contribution in [-0.4, -0.2) is 28.2 Å². The van der Waals surface area contributed by atoms with Crippen LogP contribution in [0.3, 0.4) is 0 Å². The summed E-state index contributed by atoms with van der Waals surface area (Å²) >= 11 is 7.59. The van der Waals surface area contributed by atoms with E-state index in [-0.39, 0.29) is 11.9 Å². The number of aliphatic hydroxyl groups excluding tert-OH is 1. The van der Waals surface area contributed by atoms with Gasteiger partial charge in [-0.3, -0.25) is 0 Å². The van der Waals surface area contributed by atoms with Gasteiger partial charge in [-0.15, -0.1) is 11.3 Å². The predicted octanol–water partition coefficient (Wildman–Crippen LogP) is 3.72. The molecule has 0 aliphatic carbocycles. The van der Waals surface area contributed by atoms with Crippen LogP contribution in [0.15, 0.2) is 30.3 Å². The van der Waals surface area contributed by atoms with Gasteiger partial charge in [0.25, 0.3) is 0 Å². The SMILES string of the molecule is Cc1sc2nc(Cl)nc(NCCO)c2c1-c1ccccc1. The number of aromatic nitrogens is 2. The lowest BCUT2D eigenvalue weighted by atomic mass is 10.0. The maximum absolute atomic E-state index is 9.02. The maximum atomic E-state index is 9.02. The highest BCUT2D eigenvalue weighted by Crippen LogP contribution is 2.40. The molecule has 0 fully saturated rings. The Kier molecular flexibility index (Phi) is 4.05. The first-order valence-corrected chi connectivity index (χ1v) is 7.77. The Balaban J connectivity index is 2.26. The Morgan fingerprint density at radius 3 is 2.71 bits per heavy atom. The van der Waals surface area contributed by atoms with Crippen LogP contribution in [0.25, 0.3) is 21.3 Å². The Morgan fingerprint density at radius 2 is 2.00 bits per heavy atom. The molecular formula is C15H14ClN3OS. The Hall–Kier alpha value is -1.69. The molecule has 0 bridgehead atoms. The van der Waals surface area contributed by atoms with Crippen LogP contribution in [0.1, 0.15) is 4.88 Å². The molecule has 2 N–H and O–H groups in total. The van der Waals surface area contributed by atoms with Gasteiger partial charge in [0.2, 0.25) is 5.28 Å². The van der Waals surface area contributed by atoms with Gasteiger partial charge >= 0.3 is 0 Å². The fraction of sp³-hybridized carbons (Fsp3) is 0.200. The number of hydrogen-bond acceptors (Lipinski definition) is 5. The minimum atomic E-state index is 0.0346. The third-order valence-electron chi connectivity index (χ3n) is 3.17. The summed E-state index contributed by atoms with van der Waals surface area (Å²) in [6.07, 6.45) is 0. The van der Waals surface area contributed by atoms with Gasteiger partial charge in [0, 0.05) is 17.0 Å². The molecule has 3 aromatic rings. The van der Waals surface area contributed by atoms with E-state index in [1.165, 1.54) is 4.88 Å². The van der Waals surface area contributed by atoms with Crippen molar-refractivity contribution in [2.75, 3.05) is 18.5 Å². The molecule has 0 saturated heterocycles. The van der Waals surface area contributed by atoms with Crippen LogP contribution in [0.4, 0.5) is 5.82 Å². The number of thiophene rings is 1. The minimum absolute atomic E-state index is 0.0346. The second-order valence-electron chi connectivity index (χ2n) is 4.57. The van der Waals surface area contributed by atoms with Gasteiger partial charge in [-0.05, 0) is 24.1 Å². The van der Waals surface area contributed by atoms with Crippen LogP contribution in [0.2, 0.25) is 5.28 Å². The Morgan fingerprint density at radius 1 is 1.24 bits per heavy atom. The summed E-state index contributed by atoms with van der Waals surface area (Å²) in [5.74, 6) is 0.669. The summed E-state index contributed by atoms with van der Waals surface area (Å²) in [6, 6.07) is 10.1. The molecule has 0 spiro atoms. The van der Waals surface area contributed by atoms with Gasteiger partial charge in [-0.2, -0.15) is 0 Å². The van der Waals surface area contributed by atoms with E-state index >= 15 is 0 Å². The first kappa shape index (κ1) is 14.3. The zero-order valence-corrected chi connectivity index (χ0v) is 13.0. The summed E-state index contributed by atoms with van der Waals surface area (Å²) in [5.41, 5.74) is 2.24. The van der Waals surface area contributed by atoms with E-state index < -0.39 is 0 Å². The molecule has 2 heterocycles. The zero-order valence-electron chi connectivity index (χ0n) is 11.4.